The van der Waals surface area contributed by atoms with E-state index in [-0.39, 0.29) is 22.9 Å². The molecule has 3 heteroatoms. The molecule has 19 heavy (non-hydrogen) atoms. The minimum Gasteiger partial charge on any atom is -0.478 e. The lowest BCUT2D eigenvalue weighted by Gasteiger charge is -2.49. The Hall–Kier alpha value is -0.830. The molecule has 0 aromatic carbocycles. The lowest BCUT2D eigenvalue weighted by atomic mass is 9.64. The van der Waals surface area contributed by atoms with Crippen LogP contribution in [0.5, 0.6) is 0 Å². The van der Waals surface area contributed by atoms with Gasteiger partial charge in [-0.3, -0.25) is 0 Å². The van der Waals surface area contributed by atoms with Crippen LogP contribution in [0, 0.1) is 16.7 Å². The molecule has 1 rings (SSSR count). The van der Waals surface area contributed by atoms with Crippen LogP contribution in [0.4, 0.5) is 0 Å². The van der Waals surface area contributed by atoms with Gasteiger partial charge in [-0.05, 0) is 30.8 Å². The molecule has 1 aliphatic heterocycles. The van der Waals surface area contributed by atoms with Gasteiger partial charge in [0.2, 0.25) is 0 Å². The number of hydrogen-bond acceptors (Lipinski definition) is 2. The topological polar surface area (TPSA) is 46.5 Å². The summed E-state index contributed by atoms with van der Waals surface area (Å²) in [6.45, 7) is 16.4. The summed E-state index contributed by atoms with van der Waals surface area (Å²) in [5.41, 5.74) is -0.306. The molecule has 0 amide bonds. The molecule has 0 aliphatic carbocycles. The zero-order valence-electron chi connectivity index (χ0n) is 13.5. The molecule has 0 radical (unpaired) electrons. The maximum Gasteiger partial charge on any atom is 0.331 e. The van der Waals surface area contributed by atoms with Gasteiger partial charge in [0, 0.05) is 11.5 Å². The Balaban J connectivity index is 3.42. The molecule has 110 valence electrons. The van der Waals surface area contributed by atoms with E-state index in [4.69, 9.17) is 4.74 Å². The Morgan fingerprint density at radius 3 is 1.95 bits per heavy atom. The van der Waals surface area contributed by atoms with Gasteiger partial charge in [-0.15, -0.1) is 0 Å². The second kappa shape index (κ2) is 4.62. The molecule has 2 atom stereocenters. The Labute approximate surface area is 117 Å². The Bertz CT molecular complexity index is 391. The minimum absolute atomic E-state index is 0.107. The van der Waals surface area contributed by atoms with Crippen LogP contribution in [0.3, 0.4) is 0 Å². The fourth-order valence-corrected chi connectivity index (χ4v) is 2.85. The monoisotopic (exact) mass is 268 g/mol. The van der Waals surface area contributed by atoms with E-state index in [0.717, 1.165) is 0 Å². The Kier molecular flexibility index (Phi) is 3.95. The van der Waals surface area contributed by atoms with E-state index < -0.39 is 11.6 Å². The molecule has 1 heterocycles. The van der Waals surface area contributed by atoms with E-state index in [0.29, 0.717) is 5.57 Å². The van der Waals surface area contributed by atoms with E-state index in [1.807, 2.05) is 13.8 Å². The quantitative estimate of drug-likeness (QED) is 0.785. The maximum atomic E-state index is 11.6. The highest BCUT2D eigenvalue weighted by atomic mass is 16.5. The van der Waals surface area contributed by atoms with Crippen LogP contribution in [-0.4, -0.2) is 22.8 Å². The summed E-state index contributed by atoms with van der Waals surface area (Å²) in [4.78, 5) is 11.6. The molecule has 0 fully saturated rings. The normalized spacial score (nSPS) is 27.9. The van der Waals surface area contributed by atoms with Crippen molar-refractivity contribution in [3.8, 4) is 0 Å². The largest absolute Gasteiger partial charge is 0.478 e. The van der Waals surface area contributed by atoms with E-state index in [1.54, 1.807) is 6.08 Å². The molecule has 0 aromatic heterocycles. The highest BCUT2D eigenvalue weighted by Crippen LogP contribution is 2.47. The molecule has 3 nitrogen and oxygen atoms in total. The van der Waals surface area contributed by atoms with Gasteiger partial charge < -0.3 is 9.84 Å². The first-order valence-electron chi connectivity index (χ1n) is 6.89. The van der Waals surface area contributed by atoms with Crippen LogP contribution in [0.25, 0.3) is 0 Å². The zero-order valence-corrected chi connectivity index (χ0v) is 13.5. The summed E-state index contributed by atoms with van der Waals surface area (Å²) in [7, 11) is 0. The fourth-order valence-electron chi connectivity index (χ4n) is 2.85. The standard InChI is InChI=1S/C16H28O3/c1-14(2,3)11-10(13(17)18)9-16(7,8)19-12(11)15(4,5)6/h9,11-12H,1-8H3,(H,17,18). The van der Waals surface area contributed by atoms with Crippen molar-refractivity contribution in [3.05, 3.63) is 11.6 Å². The lowest BCUT2D eigenvalue weighted by molar-refractivity contribution is -0.153. The number of ether oxygens (including phenoxy) is 1. The molecule has 0 aromatic rings. The molecule has 0 saturated carbocycles. The third-order valence-electron chi connectivity index (χ3n) is 3.61. The summed E-state index contributed by atoms with van der Waals surface area (Å²) in [6.07, 6.45) is 1.66. The number of rotatable bonds is 1. The maximum absolute atomic E-state index is 11.6. The van der Waals surface area contributed by atoms with Crippen LogP contribution in [-0.2, 0) is 9.53 Å². The Morgan fingerprint density at radius 1 is 1.16 bits per heavy atom. The summed E-state index contributed by atoms with van der Waals surface area (Å²) >= 11 is 0. The van der Waals surface area contributed by atoms with E-state index in [9.17, 15) is 9.90 Å². The number of carboxylic acids is 1. The summed E-state index contributed by atoms with van der Waals surface area (Å²) in [5, 5.41) is 9.56. The van der Waals surface area contributed by atoms with Gasteiger partial charge in [0.1, 0.15) is 0 Å². The molecule has 0 spiro atoms. The van der Waals surface area contributed by atoms with Gasteiger partial charge in [-0.25, -0.2) is 4.79 Å². The van der Waals surface area contributed by atoms with Gasteiger partial charge in [0.05, 0.1) is 11.7 Å². The molecule has 2 unspecified atom stereocenters. The summed E-state index contributed by atoms with van der Waals surface area (Å²) in [6, 6.07) is 0. The van der Waals surface area contributed by atoms with Crippen LogP contribution >= 0.6 is 0 Å². The minimum atomic E-state index is -0.828. The zero-order chi connectivity index (χ0) is 15.2. The van der Waals surface area contributed by atoms with Gasteiger partial charge >= 0.3 is 5.97 Å². The van der Waals surface area contributed by atoms with Gasteiger partial charge in [0.15, 0.2) is 0 Å². The first kappa shape index (κ1) is 16.2. The highest BCUT2D eigenvalue weighted by Gasteiger charge is 2.48. The van der Waals surface area contributed by atoms with Crippen molar-refractivity contribution >= 4 is 5.97 Å². The van der Waals surface area contributed by atoms with Gasteiger partial charge in [-0.2, -0.15) is 0 Å². The molecule has 1 N–H and O–H groups in total. The lowest BCUT2D eigenvalue weighted by Crippen LogP contribution is -2.51. The van der Waals surface area contributed by atoms with Crippen LogP contribution in [0.15, 0.2) is 11.6 Å². The Morgan fingerprint density at radius 2 is 1.63 bits per heavy atom. The first-order chi connectivity index (χ1) is 8.26. The number of aliphatic carboxylic acids is 1. The van der Waals surface area contributed by atoms with Crippen molar-refractivity contribution < 1.29 is 14.6 Å². The smallest absolute Gasteiger partial charge is 0.331 e. The second-order valence-electron chi connectivity index (χ2n) is 8.26. The number of carbonyl (C=O) groups is 1. The van der Waals surface area contributed by atoms with Gasteiger partial charge in [-0.1, -0.05) is 41.5 Å². The second-order valence-corrected chi connectivity index (χ2v) is 8.26. The SMILES string of the molecule is CC1(C)C=C(C(=O)O)C(C(C)(C)C)C(C(C)(C)C)O1. The number of carboxylic acid groups (broad SMARTS) is 1. The van der Waals surface area contributed by atoms with Crippen molar-refractivity contribution in [3.63, 3.8) is 0 Å². The highest BCUT2D eigenvalue weighted by molar-refractivity contribution is 5.88. The van der Waals surface area contributed by atoms with E-state index in [1.165, 1.54) is 0 Å². The van der Waals surface area contributed by atoms with E-state index in [2.05, 4.69) is 41.5 Å². The predicted molar refractivity (Wildman–Crippen MR) is 77.1 cm³/mol. The summed E-state index contributed by atoms with van der Waals surface area (Å²) in [5.74, 6) is -0.941. The average molecular weight is 268 g/mol. The third kappa shape index (κ3) is 3.59. The molecular formula is C16H28O3. The predicted octanol–water partition coefficient (Wildman–Crippen LogP) is 3.88. The van der Waals surface area contributed by atoms with E-state index >= 15 is 0 Å². The van der Waals surface area contributed by atoms with Crippen molar-refractivity contribution in [2.24, 2.45) is 16.7 Å². The van der Waals surface area contributed by atoms with Crippen molar-refractivity contribution in [1.82, 2.24) is 0 Å². The first-order valence-corrected chi connectivity index (χ1v) is 6.89. The van der Waals surface area contributed by atoms with Crippen LogP contribution in [0.2, 0.25) is 0 Å². The van der Waals surface area contributed by atoms with Crippen molar-refractivity contribution in [2.45, 2.75) is 67.1 Å². The summed E-state index contributed by atoms with van der Waals surface area (Å²) < 4.78 is 6.22. The van der Waals surface area contributed by atoms with Crippen LogP contribution < -0.4 is 0 Å². The third-order valence-corrected chi connectivity index (χ3v) is 3.61. The number of hydrogen-bond donors (Lipinski definition) is 1. The molecule has 0 bridgehead atoms. The average Bonchev–Trinajstić information content (AvgIpc) is 2.11. The molecular weight excluding hydrogens is 240 g/mol. The fraction of sp³-hybridized carbons (Fsp3) is 0.812. The van der Waals surface area contributed by atoms with Gasteiger partial charge in [0.25, 0.3) is 0 Å². The van der Waals surface area contributed by atoms with Crippen molar-refractivity contribution in [1.29, 1.82) is 0 Å². The van der Waals surface area contributed by atoms with Crippen molar-refractivity contribution in [2.75, 3.05) is 0 Å². The van der Waals surface area contributed by atoms with Crippen LogP contribution in [0.1, 0.15) is 55.4 Å². The molecule has 0 saturated heterocycles. The molecule has 1 aliphatic rings.